The number of carbonyl (C=O) groups excluding carboxylic acids is 1. The average molecular weight is 390 g/mol. The van der Waals surface area contributed by atoms with Gasteiger partial charge in [0.25, 0.3) is 0 Å². The van der Waals surface area contributed by atoms with Crippen molar-refractivity contribution < 1.29 is 9.53 Å². The lowest BCUT2D eigenvalue weighted by molar-refractivity contribution is -0.122. The number of amides is 1. The molecule has 11 heteroatoms. The largest absolute Gasteiger partial charge is 0.373 e. The monoisotopic (exact) mass is 390 g/mol. The Morgan fingerprint density at radius 1 is 1.37 bits per heavy atom. The summed E-state index contributed by atoms with van der Waals surface area (Å²) in [4.78, 5) is 19.9. The van der Waals surface area contributed by atoms with Crippen LogP contribution in [0.4, 0.5) is 0 Å². The standard InChI is InChI=1S/C16H22N8O2S/c1-11-6-22(7-12(2)26-11)9-14-19-20-21-24(14)10-15(25)17-5-13-8-23-3-4-27-16(23)18-13/h3-4,8,11-12H,5-7,9-10H2,1-2H3,(H,17,25)/t11-,12+. The van der Waals surface area contributed by atoms with E-state index in [1.54, 1.807) is 16.0 Å². The summed E-state index contributed by atoms with van der Waals surface area (Å²) in [6, 6.07) is 0. The number of ether oxygens (including phenoxy) is 1. The number of rotatable bonds is 6. The number of nitrogens with one attached hydrogen (secondary N) is 1. The molecule has 1 N–H and O–H groups in total. The number of hydrogen-bond donors (Lipinski definition) is 1. The number of carbonyl (C=O) groups is 1. The third kappa shape index (κ3) is 4.31. The summed E-state index contributed by atoms with van der Waals surface area (Å²) >= 11 is 1.56. The van der Waals surface area contributed by atoms with E-state index in [4.69, 9.17) is 4.74 Å². The second-order valence-corrected chi connectivity index (χ2v) is 7.68. The van der Waals surface area contributed by atoms with E-state index in [-0.39, 0.29) is 24.7 Å². The van der Waals surface area contributed by atoms with Gasteiger partial charge in [0.2, 0.25) is 5.91 Å². The van der Waals surface area contributed by atoms with Gasteiger partial charge in [0.15, 0.2) is 10.8 Å². The molecule has 0 spiro atoms. The molecule has 0 saturated carbocycles. The van der Waals surface area contributed by atoms with Crippen LogP contribution >= 0.6 is 11.3 Å². The van der Waals surface area contributed by atoms with Crippen molar-refractivity contribution in [2.75, 3.05) is 13.1 Å². The molecule has 0 unspecified atom stereocenters. The lowest BCUT2D eigenvalue weighted by Gasteiger charge is -2.34. The van der Waals surface area contributed by atoms with Crippen molar-refractivity contribution in [1.82, 2.24) is 39.8 Å². The van der Waals surface area contributed by atoms with Crippen LogP contribution in [0.1, 0.15) is 25.4 Å². The molecular formula is C16H22N8O2S. The topological polar surface area (TPSA) is 102 Å². The van der Waals surface area contributed by atoms with E-state index in [0.717, 1.165) is 23.7 Å². The SMILES string of the molecule is C[C@@H]1CN(Cc2nnnn2CC(=O)NCc2cn3ccsc3n2)C[C@H](C)O1. The van der Waals surface area contributed by atoms with Gasteiger partial charge in [-0.05, 0) is 24.3 Å². The predicted molar refractivity (Wildman–Crippen MR) is 98.0 cm³/mol. The fourth-order valence-corrected chi connectivity index (χ4v) is 4.03. The Bertz CT molecular complexity index is 880. The van der Waals surface area contributed by atoms with Crippen LogP contribution in [0.3, 0.4) is 0 Å². The van der Waals surface area contributed by atoms with Crippen LogP contribution in [0.5, 0.6) is 0 Å². The maximum atomic E-state index is 12.3. The van der Waals surface area contributed by atoms with E-state index >= 15 is 0 Å². The summed E-state index contributed by atoms with van der Waals surface area (Å²) in [5.74, 6) is 0.526. The third-order valence-corrected chi connectivity index (χ3v) is 5.14. The van der Waals surface area contributed by atoms with Crippen LogP contribution in [0.25, 0.3) is 4.96 Å². The average Bonchev–Trinajstić information content (AvgIpc) is 3.29. The van der Waals surface area contributed by atoms with Crippen LogP contribution in [0.2, 0.25) is 0 Å². The molecule has 27 heavy (non-hydrogen) atoms. The fraction of sp³-hybridized carbons (Fsp3) is 0.562. The molecular weight excluding hydrogens is 368 g/mol. The number of hydrogen-bond acceptors (Lipinski definition) is 8. The molecule has 1 aliphatic heterocycles. The van der Waals surface area contributed by atoms with Crippen molar-refractivity contribution in [3.05, 3.63) is 29.3 Å². The molecule has 1 amide bonds. The predicted octanol–water partition coefficient (Wildman–Crippen LogP) is 0.308. The molecule has 4 heterocycles. The van der Waals surface area contributed by atoms with Crippen molar-refractivity contribution >= 4 is 22.2 Å². The zero-order valence-electron chi connectivity index (χ0n) is 15.3. The Balaban J connectivity index is 1.32. The van der Waals surface area contributed by atoms with Gasteiger partial charge in [0.1, 0.15) is 6.54 Å². The first kappa shape index (κ1) is 18.0. The Hall–Kier alpha value is -2.37. The van der Waals surface area contributed by atoms with Crippen LogP contribution in [-0.4, -0.2) is 65.7 Å². The quantitative estimate of drug-likeness (QED) is 0.646. The number of aromatic nitrogens is 6. The first-order valence-electron chi connectivity index (χ1n) is 8.87. The van der Waals surface area contributed by atoms with Crippen molar-refractivity contribution in [2.45, 2.75) is 45.7 Å². The maximum Gasteiger partial charge on any atom is 0.242 e. The van der Waals surface area contributed by atoms with Crippen LogP contribution in [0.15, 0.2) is 17.8 Å². The molecule has 1 aliphatic rings. The fourth-order valence-electron chi connectivity index (χ4n) is 3.32. The highest BCUT2D eigenvalue weighted by Gasteiger charge is 2.24. The molecule has 10 nitrogen and oxygen atoms in total. The van der Waals surface area contributed by atoms with Crippen LogP contribution in [-0.2, 0) is 29.2 Å². The minimum absolute atomic E-state index is 0.0833. The third-order valence-electron chi connectivity index (χ3n) is 4.37. The summed E-state index contributed by atoms with van der Waals surface area (Å²) in [7, 11) is 0. The molecule has 4 rings (SSSR count). The van der Waals surface area contributed by atoms with Gasteiger partial charge in [-0.1, -0.05) is 0 Å². The van der Waals surface area contributed by atoms with Gasteiger partial charge in [-0.2, -0.15) is 0 Å². The molecule has 3 aromatic rings. The number of nitrogens with zero attached hydrogens (tertiary/aromatic N) is 7. The summed E-state index contributed by atoms with van der Waals surface area (Å²) < 4.78 is 9.24. The normalized spacial score (nSPS) is 21.0. The van der Waals surface area contributed by atoms with Gasteiger partial charge in [0, 0.05) is 30.9 Å². The number of morpholine rings is 1. The van der Waals surface area contributed by atoms with Gasteiger partial charge in [-0.15, -0.1) is 16.4 Å². The Morgan fingerprint density at radius 2 is 2.19 bits per heavy atom. The van der Waals surface area contributed by atoms with E-state index in [1.807, 2.05) is 22.2 Å². The lowest BCUT2D eigenvalue weighted by Crippen LogP contribution is -2.45. The molecule has 0 bridgehead atoms. The molecule has 0 aromatic carbocycles. The number of imidazole rings is 1. The summed E-state index contributed by atoms with van der Waals surface area (Å²) in [6.45, 7) is 6.80. The first-order valence-corrected chi connectivity index (χ1v) is 9.75. The second-order valence-electron chi connectivity index (χ2n) is 6.81. The van der Waals surface area contributed by atoms with Crippen molar-refractivity contribution in [1.29, 1.82) is 0 Å². The summed E-state index contributed by atoms with van der Waals surface area (Å²) in [5, 5.41) is 16.6. The Morgan fingerprint density at radius 3 is 2.96 bits per heavy atom. The molecule has 0 radical (unpaired) electrons. The molecule has 1 fully saturated rings. The molecule has 1 saturated heterocycles. The Kier molecular flexibility index (Phi) is 5.14. The molecule has 3 aromatic heterocycles. The molecule has 2 atom stereocenters. The highest BCUT2D eigenvalue weighted by molar-refractivity contribution is 7.15. The van der Waals surface area contributed by atoms with E-state index < -0.39 is 0 Å². The number of thiazole rings is 1. The minimum Gasteiger partial charge on any atom is -0.373 e. The zero-order valence-corrected chi connectivity index (χ0v) is 16.1. The summed E-state index contributed by atoms with van der Waals surface area (Å²) in [5.41, 5.74) is 0.823. The van der Waals surface area contributed by atoms with E-state index in [0.29, 0.717) is 18.9 Å². The van der Waals surface area contributed by atoms with Gasteiger partial charge in [0.05, 0.1) is 31.0 Å². The van der Waals surface area contributed by atoms with E-state index in [2.05, 4.69) is 44.6 Å². The maximum absolute atomic E-state index is 12.3. The molecule has 144 valence electrons. The van der Waals surface area contributed by atoms with Gasteiger partial charge in [-0.25, -0.2) is 9.67 Å². The van der Waals surface area contributed by atoms with Gasteiger partial charge in [-0.3, -0.25) is 14.1 Å². The minimum atomic E-state index is -0.149. The lowest BCUT2D eigenvalue weighted by atomic mass is 10.2. The van der Waals surface area contributed by atoms with Crippen LogP contribution in [0, 0.1) is 0 Å². The highest BCUT2D eigenvalue weighted by atomic mass is 32.1. The second kappa shape index (κ2) is 7.71. The number of tetrazole rings is 1. The zero-order chi connectivity index (χ0) is 18.8. The number of fused-ring (bicyclic) bond motifs is 1. The van der Waals surface area contributed by atoms with Crippen LogP contribution < -0.4 is 5.32 Å². The highest BCUT2D eigenvalue weighted by Crippen LogP contribution is 2.13. The van der Waals surface area contributed by atoms with Gasteiger partial charge >= 0.3 is 0 Å². The van der Waals surface area contributed by atoms with E-state index in [1.165, 1.54) is 0 Å². The van der Waals surface area contributed by atoms with Gasteiger partial charge < -0.3 is 10.1 Å². The Labute approximate surface area is 160 Å². The molecule has 0 aliphatic carbocycles. The first-order chi connectivity index (χ1) is 13.1. The summed E-state index contributed by atoms with van der Waals surface area (Å²) in [6.07, 6.45) is 4.20. The smallest absolute Gasteiger partial charge is 0.242 e. The van der Waals surface area contributed by atoms with E-state index in [9.17, 15) is 4.79 Å². The van der Waals surface area contributed by atoms with Crippen molar-refractivity contribution in [2.24, 2.45) is 0 Å². The van der Waals surface area contributed by atoms with Crippen molar-refractivity contribution in [3.8, 4) is 0 Å². The van der Waals surface area contributed by atoms with Crippen molar-refractivity contribution in [3.63, 3.8) is 0 Å².